The molecule has 3 fully saturated rings. The maximum Gasteiger partial charge on any atom is 0.327 e. The van der Waals surface area contributed by atoms with E-state index in [-0.39, 0.29) is 18.2 Å². The molecule has 158 valence electrons. The number of rotatable bonds is 5. The summed E-state index contributed by atoms with van der Waals surface area (Å²) in [7, 11) is 1.75. The van der Waals surface area contributed by atoms with E-state index in [9.17, 15) is 14.7 Å². The zero-order valence-electron chi connectivity index (χ0n) is 17.4. The average molecular weight is 402 g/mol. The first-order valence-electron chi connectivity index (χ1n) is 10.5. The van der Waals surface area contributed by atoms with Crippen molar-refractivity contribution < 1.29 is 14.7 Å². The minimum atomic E-state index is -0.572. The third-order valence-electron chi connectivity index (χ3n) is 6.23. The molecular weight excluding hydrogens is 370 g/mol. The summed E-state index contributed by atoms with van der Waals surface area (Å²) in [5, 5.41) is 14.0. The highest BCUT2D eigenvalue weighted by Crippen LogP contribution is 2.33. The van der Waals surface area contributed by atoms with Crippen molar-refractivity contribution >= 4 is 17.6 Å². The molecule has 1 aromatic rings. The van der Waals surface area contributed by atoms with Gasteiger partial charge >= 0.3 is 6.03 Å². The van der Waals surface area contributed by atoms with Crippen LogP contribution in [0.4, 0.5) is 10.5 Å². The van der Waals surface area contributed by atoms with E-state index in [2.05, 4.69) is 17.1 Å². The predicted molar refractivity (Wildman–Crippen MR) is 110 cm³/mol. The molecule has 0 aliphatic carbocycles. The largest absolute Gasteiger partial charge is 0.390 e. The summed E-state index contributed by atoms with van der Waals surface area (Å²) >= 11 is 0. The van der Waals surface area contributed by atoms with E-state index < -0.39 is 18.3 Å². The number of nitrogens with one attached hydrogen (secondary N) is 1. The number of carbonyl (C=O) groups excluding carboxylic acids is 2. The molecule has 0 spiro atoms. The number of aryl methyl sites for hydroxylation is 1. The Morgan fingerprint density at radius 1 is 1.14 bits per heavy atom. The van der Waals surface area contributed by atoms with Crippen LogP contribution in [-0.2, 0) is 4.79 Å². The van der Waals surface area contributed by atoms with Crippen LogP contribution < -0.4 is 10.2 Å². The van der Waals surface area contributed by atoms with Gasteiger partial charge in [-0.3, -0.25) is 19.9 Å². The topological polar surface area (TPSA) is 79.4 Å². The third-order valence-corrected chi connectivity index (χ3v) is 6.23. The maximum atomic E-state index is 13.3. The number of unbranched alkanes of at least 4 members (excludes halogenated alkanes) is 2. The first-order valence-corrected chi connectivity index (χ1v) is 10.5. The molecule has 4 rings (SSSR count). The number of likely N-dealkylation sites (N-methyl/N-ethyl adjacent to an activating group) is 1. The smallest absolute Gasteiger partial charge is 0.327 e. The van der Waals surface area contributed by atoms with Crippen LogP contribution in [0, 0.1) is 6.92 Å². The zero-order chi connectivity index (χ0) is 20.7. The number of hydrogen-bond donors (Lipinski definition) is 2. The fraction of sp³-hybridized carbons (Fsp3) is 0.619. The molecule has 0 aromatic heterocycles. The number of β-amino-alcohol motifs (C(OH)–C–C–N with tert-alkyl or cyclic N) is 1. The fourth-order valence-corrected chi connectivity index (χ4v) is 4.66. The Hall–Kier alpha value is -2.16. The van der Waals surface area contributed by atoms with Gasteiger partial charge in [0, 0.05) is 32.4 Å². The Morgan fingerprint density at radius 3 is 2.55 bits per heavy atom. The molecule has 3 heterocycles. The molecule has 8 nitrogen and oxygen atoms in total. The summed E-state index contributed by atoms with van der Waals surface area (Å²) in [4.78, 5) is 33.3. The van der Waals surface area contributed by atoms with Gasteiger partial charge in [-0.05, 0) is 25.5 Å². The van der Waals surface area contributed by atoms with Crippen molar-refractivity contribution in [3.8, 4) is 0 Å². The number of aliphatic hydroxyl groups excluding tert-OH is 1. The fourth-order valence-electron chi connectivity index (χ4n) is 4.66. The van der Waals surface area contributed by atoms with Gasteiger partial charge in [-0.15, -0.1) is 0 Å². The number of carbonyl (C=O) groups is 2. The molecule has 3 aliphatic rings. The quantitative estimate of drug-likeness (QED) is 0.721. The molecule has 2 N–H and O–H groups in total. The van der Waals surface area contributed by atoms with E-state index in [4.69, 9.17) is 0 Å². The molecule has 0 bridgehead atoms. The van der Waals surface area contributed by atoms with E-state index in [1.165, 1.54) is 10.5 Å². The lowest BCUT2D eigenvalue weighted by Crippen LogP contribution is -2.67. The van der Waals surface area contributed by atoms with Crippen LogP contribution in [-0.4, -0.2) is 83.0 Å². The molecular formula is C21H31N5O3. The molecule has 0 saturated carbocycles. The summed E-state index contributed by atoms with van der Waals surface area (Å²) in [6, 6.07) is 7.40. The van der Waals surface area contributed by atoms with Gasteiger partial charge in [-0.25, -0.2) is 4.79 Å². The van der Waals surface area contributed by atoms with E-state index in [1.807, 2.05) is 36.1 Å². The lowest BCUT2D eigenvalue weighted by atomic mass is 10.1. The molecule has 4 atom stereocenters. The summed E-state index contributed by atoms with van der Waals surface area (Å²) in [6.45, 7) is 5.46. The number of hydrogen-bond acceptors (Lipinski definition) is 6. The van der Waals surface area contributed by atoms with Gasteiger partial charge in [0.2, 0.25) is 0 Å². The van der Waals surface area contributed by atoms with Gasteiger partial charge in [0.25, 0.3) is 5.91 Å². The summed E-state index contributed by atoms with van der Waals surface area (Å²) in [5.41, 5.74) is 2.15. The van der Waals surface area contributed by atoms with Crippen molar-refractivity contribution in [3.05, 3.63) is 29.8 Å². The number of imide groups is 1. The van der Waals surface area contributed by atoms with Gasteiger partial charge in [-0.2, -0.15) is 0 Å². The van der Waals surface area contributed by atoms with Gasteiger partial charge < -0.3 is 14.9 Å². The second-order valence-electron chi connectivity index (χ2n) is 8.36. The highest BCUT2D eigenvalue weighted by atomic mass is 16.3. The van der Waals surface area contributed by atoms with Crippen molar-refractivity contribution in [3.63, 3.8) is 0 Å². The molecule has 8 heteroatoms. The first-order chi connectivity index (χ1) is 13.9. The number of amides is 3. The third kappa shape index (κ3) is 3.49. The molecule has 3 saturated heterocycles. The standard InChI is InChI=1S/C21H31N5O3/c1-4-5-6-11-24-19(28)17-18(23(3)21(24)29)22-20-25(12-16(27)13-26(17)20)15-9-7-14(2)8-10-15/h7-10,16-18,20,22,27H,4-6,11-13H2,1-3H3. The minimum absolute atomic E-state index is 0.165. The first kappa shape index (κ1) is 20.1. The van der Waals surface area contributed by atoms with Crippen molar-refractivity contribution in [1.82, 2.24) is 20.0 Å². The van der Waals surface area contributed by atoms with Crippen molar-refractivity contribution in [1.29, 1.82) is 0 Å². The lowest BCUT2D eigenvalue weighted by molar-refractivity contribution is -0.139. The Labute approximate surface area is 172 Å². The highest BCUT2D eigenvalue weighted by molar-refractivity contribution is 6.00. The Balaban J connectivity index is 1.61. The number of anilines is 1. The zero-order valence-corrected chi connectivity index (χ0v) is 17.4. The second-order valence-corrected chi connectivity index (χ2v) is 8.36. The van der Waals surface area contributed by atoms with Crippen LogP contribution in [0.1, 0.15) is 31.7 Å². The molecule has 29 heavy (non-hydrogen) atoms. The van der Waals surface area contributed by atoms with Crippen LogP contribution in [0.25, 0.3) is 0 Å². The number of benzene rings is 1. The molecule has 1 aromatic carbocycles. The van der Waals surface area contributed by atoms with Crippen LogP contribution in [0.5, 0.6) is 0 Å². The molecule has 4 unspecified atom stereocenters. The van der Waals surface area contributed by atoms with Gasteiger partial charge in [0.1, 0.15) is 18.5 Å². The van der Waals surface area contributed by atoms with Gasteiger partial charge in [0.05, 0.1) is 6.10 Å². The van der Waals surface area contributed by atoms with E-state index in [0.717, 1.165) is 24.9 Å². The van der Waals surface area contributed by atoms with Crippen LogP contribution >= 0.6 is 0 Å². The van der Waals surface area contributed by atoms with E-state index in [0.29, 0.717) is 19.6 Å². The van der Waals surface area contributed by atoms with E-state index >= 15 is 0 Å². The number of aliphatic hydroxyl groups is 1. The predicted octanol–water partition coefficient (Wildman–Crippen LogP) is 1.14. The summed E-state index contributed by atoms with van der Waals surface area (Å²) in [6.07, 6.45) is 1.61. The number of nitrogens with zero attached hydrogens (tertiary/aromatic N) is 4. The Kier molecular flexibility index (Phi) is 5.50. The SMILES string of the molecule is CCCCCN1C(=O)C2C(NC3N(c4ccc(C)cc4)CC(O)CN23)N(C)C1=O. The Morgan fingerprint density at radius 2 is 1.86 bits per heavy atom. The molecule has 3 aliphatic heterocycles. The number of fused-ring (bicyclic) bond motifs is 3. The Bertz CT molecular complexity index is 770. The normalized spacial score (nSPS) is 30.0. The summed E-state index contributed by atoms with van der Waals surface area (Å²) < 4.78 is 0. The minimum Gasteiger partial charge on any atom is -0.390 e. The summed E-state index contributed by atoms with van der Waals surface area (Å²) in [5.74, 6) is -0.165. The van der Waals surface area contributed by atoms with Crippen molar-refractivity contribution in [2.24, 2.45) is 0 Å². The van der Waals surface area contributed by atoms with Crippen LogP contribution in [0.2, 0.25) is 0 Å². The lowest BCUT2D eigenvalue weighted by Gasteiger charge is -2.45. The van der Waals surface area contributed by atoms with Gasteiger partial charge in [0.15, 0.2) is 0 Å². The average Bonchev–Trinajstić information content (AvgIpc) is 3.08. The van der Waals surface area contributed by atoms with Gasteiger partial charge in [-0.1, -0.05) is 37.5 Å². The second kappa shape index (κ2) is 7.93. The molecule has 0 radical (unpaired) electrons. The highest BCUT2D eigenvalue weighted by Gasteiger charge is 2.56. The van der Waals surface area contributed by atoms with Crippen molar-refractivity contribution in [2.45, 2.75) is 57.7 Å². The number of urea groups is 1. The van der Waals surface area contributed by atoms with Crippen LogP contribution in [0.3, 0.4) is 0 Å². The maximum absolute atomic E-state index is 13.3. The molecule has 3 amide bonds. The van der Waals surface area contributed by atoms with Crippen LogP contribution in [0.15, 0.2) is 24.3 Å². The monoisotopic (exact) mass is 401 g/mol. The van der Waals surface area contributed by atoms with Crippen molar-refractivity contribution in [2.75, 3.05) is 31.6 Å². The van der Waals surface area contributed by atoms with E-state index in [1.54, 1.807) is 11.9 Å².